The molecule has 0 N–H and O–H groups in total. The third kappa shape index (κ3) is 2.81. The van der Waals surface area contributed by atoms with Crippen molar-refractivity contribution in [3.8, 4) is 11.8 Å². The van der Waals surface area contributed by atoms with Crippen LogP contribution in [0, 0.1) is 30.4 Å². The fraction of sp³-hybridized carbons (Fsp3) is 0.273. The van der Waals surface area contributed by atoms with Crippen LogP contribution < -0.4 is 0 Å². The van der Waals surface area contributed by atoms with Crippen LogP contribution in [-0.4, -0.2) is 5.33 Å². The van der Waals surface area contributed by atoms with E-state index in [4.69, 9.17) is 0 Å². The Morgan fingerprint density at radius 3 is 2.64 bits per heavy atom. The number of hydrogen-bond donors (Lipinski definition) is 0. The van der Waals surface area contributed by atoms with Crippen LogP contribution in [0.1, 0.15) is 17.5 Å². The Bertz CT molecular complexity index is 388. The summed E-state index contributed by atoms with van der Waals surface area (Å²) >= 11 is 3.21. The van der Waals surface area contributed by atoms with Crippen molar-refractivity contribution < 1.29 is 8.78 Å². The first-order chi connectivity index (χ1) is 6.65. The second kappa shape index (κ2) is 5.11. The van der Waals surface area contributed by atoms with Crippen LogP contribution in [0.25, 0.3) is 0 Å². The molecule has 0 saturated carbocycles. The van der Waals surface area contributed by atoms with E-state index in [1.165, 1.54) is 6.07 Å². The van der Waals surface area contributed by atoms with Crippen molar-refractivity contribution in [2.24, 2.45) is 0 Å². The third-order valence-corrected chi connectivity index (χ3v) is 2.09. The molecule has 0 aliphatic rings. The summed E-state index contributed by atoms with van der Waals surface area (Å²) in [4.78, 5) is 0. The first kappa shape index (κ1) is 11.2. The van der Waals surface area contributed by atoms with Crippen molar-refractivity contribution in [2.75, 3.05) is 5.33 Å². The third-order valence-electron chi connectivity index (χ3n) is 1.69. The summed E-state index contributed by atoms with van der Waals surface area (Å²) in [6, 6.07) is 2.29. The molecule has 3 heteroatoms. The van der Waals surface area contributed by atoms with Gasteiger partial charge in [-0.25, -0.2) is 8.78 Å². The number of alkyl halides is 1. The van der Waals surface area contributed by atoms with Gasteiger partial charge in [0, 0.05) is 17.8 Å². The number of halogens is 3. The van der Waals surface area contributed by atoms with Gasteiger partial charge in [-0.3, -0.25) is 0 Å². The van der Waals surface area contributed by atoms with Crippen molar-refractivity contribution in [2.45, 2.75) is 13.3 Å². The van der Waals surface area contributed by atoms with E-state index in [2.05, 4.69) is 27.8 Å². The maximum absolute atomic E-state index is 13.1. The minimum Gasteiger partial charge on any atom is -0.207 e. The molecule has 0 bridgehead atoms. The fourth-order valence-electron chi connectivity index (χ4n) is 0.958. The molecule has 1 aromatic rings. The van der Waals surface area contributed by atoms with Gasteiger partial charge in [0.05, 0.1) is 5.56 Å². The van der Waals surface area contributed by atoms with E-state index in [-0.39, 0.29) is 5.56 Å². The SMILES string of the molecule is Cc1cc(C#CCCBr)c(F)cc1F. The van der Waals surface area contributed by atoms with Crippen molar-refractivity contribution in [3.05, 3.63) is 34.9 Å². The van der Waals surface area contributed by atoms with Gasteiger partial charge < -0.3 is 0 Å². The van der Waals surface area contributed by atoms with Gasteiger partial charge in [-0.2, -0.15) is 0 Å². The van der Waals surface area contributed by atoms with E-state index in [0.29, 0.717) is 12.0 Å². The van der Waals surface area contributed by atoms with E-state index < -0.39 is 11.6 Å². The Hall–Kier alpha value is -0.880. The van der Waals surface area contributed by atoms with E-state index in [1.54, 1.807) is 6.92 Å². The molecule has 1 aromatic carbocycles. The Labute approximate surface area is 90.5 Å². The van der Waals surface area contributed by atoms with Crippen LogP contribution in [0.2, 0.25) is 0 Å². The largest absolute Gasteiger partial charge is 0.207 e. The summed E-state index contributed by atoms with van der Waals surface area (Å²) in [5.74, 6) is 4.30. The highest BCUT2D eigenvalue weighted by molar-refractivity contribution is 9.09. The van der Waals surface area contributed by atoms with Gasteiger partial charge in [-0.15, -0.1) is 0 Å². The van der Waals surface area contributed by atoms with Crippen molar-refractivity contribution in [1.82, 2.24) is 0 Å². The number of rotatable bonds is 1. The summed E-state index contributed by atoms with van der Waals surface area (Å²) in [7, 11) is 0. The van der Waals surface area contributed by atoms with E-state index in [1.807, 2.05) is 0 Å². The molecule has 14 heavy (non-hydrogen) atoms. The van der Waals surface area contributed by atoms with Crippen LogP contribution in [0.15, 0.2) is 12.1 Å². The fourth-order valence-corrected chi connectivity index (χ4v) is 1.16. The van der Waals surface area contributed by atoms with Gasteiger partial charge in [0.15, 0.2) is 0 Å². The molecule has 0 nitrogen and oxygen atoms in total. The summed E-state index contributed by atoms with van der Waals surface area (Å²) in [6.45, 7) is 1.59. The summed E-state index contributed by atoms with van der Waals surface area (Å²) in [5, 5.41) is 0.752. The molecule has 0 spiro atoms. The topological polar surface area (TPSA) is 0 Å². The zero-order valence-corrected chi connectivity index (χ0v) is 9.29. The predicted molar refractivity (Wildman–Crippen MR) is 56.4 cm³/mol. The quantitative estimate of drug-likeness (QED) is 0.535. The minimum atomic E-state index is -0.602. The van der Waals surface area contributed by atoms with E-state index in [0.717, 1.165) is 11.4 Å². The van der Waals surface area contributed by atoms with Crippen molar-refractivity contribution in [1.29, 1.82) is 0 Å². The van der Waals surface area contributed by atoms with Gasteiger partial charge in [-0.1, -0.05) is 27.8 Å². The van der Waals surface area contributed by atoms with Crippen LogP contribution >= 0.6 is 15.9 Å². The van der Waals surface area contributed by atoms with Gasteiger partial charge in [0.1, 0.15) is 11.6 Å². The summed E-state index contributed by atoms with van der Waals surface area (Å²) in [5.41, 5.74) is 0.666. The second-order valence-electron chi connectivity index (χ2n) is 2.82. The van der Waals surface area contributed by atoms with Gasteiger partial charge in [-0.05, 0) is 18.6 Å². The van der Waals surface area contributed by atoms with Gasteiger partial charge >= 0.3 is 0 Å². The maximum atomic E-state index is 13.1. The predicted octanol–water partition coefficient (Wildman–Crippen LogP) is 3.41. The molecule has 0 heterocycles. The van der Waals surface area contributed by atoms with Crippen LogP contribution in [-0.2, 0) is 0 Å². The molecule has 0 atom stereocenters. The molecule has 0 aliphatic heterocycles. The molecule has 1 rings (SSSR count). The molecule has 0 unspecified atom stereocenters. The van der Waals surface area contributed by atoms with Crippen LogP contribution in [0.4, 0.5) is 8.78 Å². The summed E-state index contributed by atoms with van der Waals surface area (Å²) < 4.78 is 26.0. The lowest BCUT2D eigenvalue weighted by molar-refractivity contribution is 0.575. The zero-order valence-electron chi connectivity index (χ0n) is 7.70. The average Bonchev–Trinajstić information content (AvgIpc) is 2.14. The molecule has 74 valence electrons. The zero-order chi connectivity index (χ0) is 10.6. The Morgan fingerprint density at radius 1 is 1.29 bits per heavy atom. The molecule has 0 aromatic heterocycles. The monoisotopic (exact) mass is 258 g/mol. The van der Waals surface area contributed by atoms with E-state index in [9.17, 15) is 8.78 Å². The lowest BCUT2D eigenvalue weighted by Crippen LogP contribution is -1.90. The maximum Gasteiger partial charge on any atom is 0.141 e. The van der Waals surface area contributed by atoms with Crippen molar-refractivity contribution >= 4 is 15.9 Å². The standard InChI is InChI=1S/C11H9BrF2/c1-8-6-9(4-2-3-5-12)11(14)7-10(8)13/h6-7H,3,5H2,1H3. The highest BCUT2D eigenvalue weighted by Crippen LogP contribution is 2.12. The molecule has 0 radical (unpaired) electrons. The summed E-state index contributed by atoms with van der Waals surface area (Å²) in [6.07, 6.45) is 0.649. The lowest BCUT2D eigenvalue weighted by Gasteiger charge is -1.98. The average molecular weight is 259 g/mol. The molecule has 0 saturated heterocycles. The number of benzene rings is 1. The normalized spacial score (nSPS) is 9.43. The first-order valence-electron chi connectivity index (χ1n) is 4.15. The van der Waals surface area contributed by atoms with Gasteiger partial charge in [0.2, 0.25) is 0 Å². The number of hydrogen-bond acceptors (Lipinski definition) is 0. The van der Waals surface area contributed by atoms with Crippen LogP contribution in [0.5, 0.6) is 0 Å². The Morgan fingerprint density at radius 2 is 2.00 bits per heavy atom. The van der Waals surface area contributed by atoms with Gasteiger partial charge in [0.25, 0.3) is 0 Å². The molecule has 0 fully saturated rings. The van der Waals surface area contributed by atoms with Crippen LogP contribution in [0.3, 0.4) is 0 Å². The first-order valence-corrected chi connectivity index (χ1v) is 5.27. The minimum absolute atomic E-state index is 0.254. The lowest BCUT2D eigenvalue weighted by atomic mass is 10.1. The second-order valence-corrected chi connectivity index (χ2v) is 3.61. The van der Waals surface area contributed by atoms with Crippen molar-refractivity contribution in [3.63, 3.8) is 0 Å². The molecule has 0 amide bonds. The smallest absolute Gasteiger partial charge is 0.141 e. The highest BCUT2D eigenvalue weighted by Gasteiger charge is 2.04. The van der Waals surface area contributed by atoms with E-state index >= 15 is 0 Å². The number of aryl methyl sites for hydroxylation is 1. The molecule has 0 aliphatic carbocycles. The molecular formula is C11H9BrF2. The highest BCUT2D eigenvalue weighted by atomic mass is 79.9. The Kier molecular flexibility index (Phi) is 4.09. The molecular weight excluding hydrogens is 250 g/mol. The Balaban J connectivity index is 3.00.